The Hall–Kier alpha value is -2.09. The first-order chi connectivity index (χ1) is 12.7. The monoisotopic (exact) mass is 478 g/mol. The number of hydrogen-bond donors (Lipinski definition) is 2. The van der Waals surface area contributed by atoms with Crippen LogP contribution in [0.25, 0.3) is 0 Å². The second kappa shape index (κ2) is 10.3. The van der Waals surface area contributed by atoms with Crippen LogP contribution in [0.15, 0.2) is 53.5 Å². The topological polar surface area (TPSA) is 56.7 Å². The quantitative estimate of drug-likeness (QED) is 0.385. The lowest BCUT2D eigenvalue weighted by Crippen LogP contribution is -2.40. The number of carbonyl (C=O) groups is 1. The van der Waals surface area contributed by atoms with E-state index in [9.17, 15) is 4.79 Å². The summed E-state index contributed by atoms with van der Waals surface area (Å²) in [4.78, 5) is 18.3. The van der Waals surface area contributed by atoms with Crippen molar-refractivity contribution in [3.63, 3.8) is 0 Å². The van der Waals surface area contributed by atoms with Crippen LogP contribution in [0.2, 0.25) is 0 Å². The average molecular weight is 478 g/mol. The molecule has 2 N–H and O–H groups in total. The van der Waals surface area contributed by atoms with Crippen LogP contribution in [0.4, 0.5) is 11.4 Å². The lowest BCUT2D eigenvalue weighted by Gasteiger charge is -2.22. The molecule has 2 aromatic carbocycles. The minimum atomic E-state index is 0. The second-order valence-corrected chi connectivity index (χ2v) is 6.43. The predicted octanol–water partition coefficient (Wildman–Crippen LogP) is 4.18. The molecule has 27 heavy (non-hydrogen) atoms. The molecule has 0 saturated carbocycles. The number of nitrogens with one attached hydrogen (secondary N) is 2. The van der Waals surface area contributed by atoms with Crippen molar-refractivity contribution in [1.29, 1.82) is 0 Å². The Morgan fingerprint density at radius 1 is 1.15 bits per heavy atom. The van der Waals surface area contributed by atoms with Crippen molar-refractivity contribution in [2.24, 2.45) is 4.99 Å². The van der Waals surface area contributed by atoms with E-state index in [-0.39, 0.29) is 29.9 Å². The fourth-order valence-electron chi connectivity index (χ4n) is 3.19. The normalized spacial score (nSPS) is 13.0. The summed E-state index contributed by atoms with van der Waals surface area (Å²) in [5, 5.41) is 6.35. The van der Waals surface area contributed by atoms with Crippen molar-refractivity contribution >= 4 is 47.2 Å². The van der Waals surface area contributed by atoms with Crippen LogP contribution in [0, 0.1) is 0 Å². The molecule has 0 unspecified atom stereocenters. The molecule has 144 valence electrons. The Kier molecular flexibility index (Phi) is 8.09. The molecule has 1 aliphatic heterocycles. The molecule has 1 heterocycles. The number of amides is 1. The number of benzene rings is 2. The van der Waals surface area contributed by atoms with Gasteiger partial charge in [0.1, 0.15) is 0 Å². The van der Waals surface area contributed by atoms with E-state index in [0.29, 0.717) is 13.0 Å². The van der Waals surface area contributed by atoms with Gasteiger partial charge in [0.05, 0.1) is 0 Å². The molecular weight excluding hydrogens is 451 g/mol. The van der Waals surface area contributed by atoms with Crippen LogP contribution in [0.1, 0.15) is 30.9 Å². The van der Waals surface area contributed by atoms with Crippen molar-refractivity contribution in [2.75, 3.05) is 23.8 Å². The van der Waals surface area contributed by atoms with Gasteiger partial charge in [-0.1, -0.05) is 37.3 Å². The summed E-state index contributed by atoms with van der Waals surface area (Å²) in [7, 11) is 1.82. The fourth-order valence-corrected chi connectivity index (χ4v) is 3.19. The van der Waals surface area contributed by atoms with Crippen LogP contribution < -0.4 is 15.5 Å². The number of carbonyl (C=O) groups excluding carboxylic acids is 1. The number of nitrogens with zero attached hydrogens (tertiary/aromatic N) is 2. The highest BCUT2D eigenvalue weighted by Gasteiger charge is 2.22. The van der Waals surface area contributed by atoms with Gasteiger partial charge in [0, 0.05) is 37.9 Å². The summed E-state index contributed by atoms with van der Waals surface area (Å²) in [5.74, 6) is 0.946. The van der Waals surface area contributed by atoms with Crippen molar-refractivity contribution in [3.8, 4) is 0 Å². The number of hydrogen-bond acceptors (Lipinski definition) is 2. The first kappa shape index (κ1) is 21.2. The van der Waals surface area contributed by atoms with E-state index in [1.807, 2.05) is 38.2 Å². The van der Waals surface area contributed by atoms with Crippen molar-refractivity contribution in [3.05, 3.63) is 59.7 Å². The van der Waals surface area contributed by atoms with Crippen LogP contribution in [0.5, 0.6) is 0 Å². The summed E-state index contributed by atoms with van der Waals surface area (Å²) >= 11 is 0. The van der Waals surface area contributed by atoms with Gasteiger partial charge >= 0.3 is 0 Å². The van der Waals surface area contributed by atoms with Gasteiger partial charge in [-0.15, -0.1) is 24.0 Å². The zero-order valence-electron chi connectivity index (χ0n) is 15.9. The van der Waals surface area contributed by atoms with Crippen molar-refractivity contribution in [2.45, 2.75) is 32.7 Å². The lowest BCUT2D eigenvalue weighted by atomic mass is 10.2. The third-order valence-electron chi connectivity index (χ3n) is 4.52. The first-order valence-corrected chi connectivity index (χ1v) is 9.16. The third-order valence-corrected chi connectivity index (χ3v) is 4.52. The number of aliphatic imine (C=N–C) groups is 1. The van der Waals surface area contributed by atoms with Crippen molar-refractivity contribution < 1.29 is 4.79 Å². The van der Waals surface area contributed by atoms with Gasteiger partial charge in [0.2, 0.25) is 5.91 Å². The Labute approximate surface area is 178 Å². The van der Waals surface area contributed by atoms with Gasteiger partial charge < -0.3 is 15.5 Å². The fraction of sp³-hybridized carbons (Fsp3) is 0.333. The number of halogens is 1. The minimum absolute atomic E-state index is 0. The molecular formula is C21H27IN4O. The molecule has 0 radical (unpaired) electrons. The van der Waals surface area contributed by atoms with Crippen LogP contribution in [0.3, 0.4) is 0 Å². The summed E-state index contributed by atoms with van der Waals surface area (Å²) in [6.07, 6.45) is 2.45. The molecule has 3 rings (SSSR count). The zero-order chi connectivity index (χ0) is 18.4. The average Bonchev–Trinajstić information content (AvgIpc) is 3.08. The number of para-hydroxylation sites is 1. The number of fused-ring (bicyclic) bond motifs is 1. The van der Waals surface area contributed by atoms with E-state index in [4.69, 9.17) is 0 Å². The molecule has 1 amide bonds. The maximum Gasteiger partial charge on any atom is 0.224 e. The number of rotatable bonds is 5. The summed E-state index contributed by atoms with van der Waals surface area (Å²) in [6, 6.07) is 16.4. The van der Waals surface area contributed by atoms with E-state index in [2.05, 4.69) is 44.8 Å². The smallest absolute Gasteiger partial charge is 0.224 e. The highest BCUT2D eigenvalue weighted by Crippen LogP contribution is 2.27. The standard InChI is InChI=1S/C21H26N4O.HI/c1-3-6-20(26)24-18-11-9-16(10-12-18)15-23-21(22-2)25-14-13-17-7-4-5-8-19(17)25;/h4-5,7-12H,3,6,13-15H2,1-2H3,(H,22,23)(H,24,26);1H. The highest BCUT2D eigenvalue weighted by molar-refractivity contribution is 14.0. The van der Waals surface area contributed by atoms with E-state index in [1.54, 1.807) is 0 Å². The maximum atomic E-state index is 11.7. The molecule has 6 heteroatoms. The van der Waals surface area contributed by atoms with Gasteiger partial charge in [-0.05, 0) is 42.2 Å². The summed E-state index contributed by atoms with van der Waals surface area (Å²) in [6.45, 7) is 3.63. The summed E-state index contributed by atoms with van der Waals surface area (Å²) < 4.78 is 0. The van der Waals surface area contributed by atoms with Gasteiger partial charge in [-0.3, -0.25) is 9.79 Å². The van der Waals surface area contributed by atoms with Gasteiger partial charge in [0.25, 0.3) is 0 Å². The molecule has 0 saturated heterocycles. The largest absolute Gasteiger partial charge is 0.352 e. The zero-order valence-corrected chi connectivity index (χ0v) is 18.2. The Morgan fingerprint density at radius 3 is 2.59 bits per heavy atom. The molecule has 5 nitrogen and oxygen atoms in total. The number of guanidine groups is 1. The van der Waals surface area contributed by atoms with Crippen LogP contribution in [-0.4, -0.2) is 25.5 Å². The van der Waals surface area contributed by atoms with Gasteiger partial charge in [0.15, 0.2) is 5.96 Å². The van der Waals surface area contributed by atoms with Crippen LogP contribution in [-0.2, 0) is 17.8 Å². The van der Waals surface area contributed by atoms with Gasteiger partial charge in [-0.2, -0.15) is 0 Å². The van der Waals surface area contributed by atoms with Gasteiger partial charge in [-0.25, -0.2) is 0 Å². The molecule has 0 spiro atoms. The predicted molar refractivity (Wildman–Crippen MR) is 123 cm³/mol. The first-order valence-electron chi connectivity index (χ1n) is 9.16. The molecule has 2 aromatic rings. The van der Waals surface area contributed by atoms with E-state index in [0.717, 1.165) is 36.6 Å². The molecule has 0 atom stereocenters. The van der Waals surface area contributed by atoms with E-state index in [1.165, 1.54) is 11.3 Å². The Morgan fingerprint density at radius 2 is 1.89 bits per heavy atom. The second-order valence-electron chi connectivity index (χ2n) is 6.43. The molecule has 0 bridgehead atoms. The lowest BCUT2D eigenvalue weighted by molar-refractivity contribution is -0.116. The Balaban J connectivity index is 0.00000261. The Bertz CT molecular complexity index is 789. The van der Waals surface area contributed by atoms with E-state index < -0.39 is 0 Å². The molecule has 0 aliphatic carbocycles. The van der Waals surface area contributed by atoms with Crippen molar-refractivity contribution in [1.82, 2.24) is 5.32 Å². The minimum Gasteiger partial charge on any atom is -0.352 e. The molecule has 1 aliphatic rings. The highest BCUT2D eigenvalue weighted by atomic mass is 127. The SMILES string of the molecule is CCCC(=O)Nc1ccc(CNC(=NC)N2CCc3ccccc32)cc1.I. The third kappa shape index (κ3) is 5.45. The molecule has 0 aromatic heterocycles. The van der Waals surface area contributed by atoms with E-state index >= 15 is 0 Å². The molecule has 0 fully saturated rings. The maximum absolute atomic E-state index is 11.7. The van der Waals surface area contributed by atoms with Crippen LogP contribution >= 0.6 is 24.0 Å². The number of anilines is 2. The summed E-state index contributed by atoms with van der Waals surface area (Å²) in [5.41, 5.74) is 4.58.